The van der Waals surface area contributed by atoms with Crippen LogP contribution in [-0.4, -0.2) is 21.4 Å². The zero-order valence-electron chi connectivity index (χ0n) is 4.10. The van der Waals surface area contributed by atoms with Crippen LogP contribution in [0.15, 0.2) is 0 Å². The van der Waals surface area contributed by atoms with Crippen LogP contribution < -0.4 is 5.73 Å². The lowest BCUT2D eigenvalue weighted by molar-refractivity contribution is -0.139. The predicted octanol–water partition coefficient (Wildman–Crippen LogP) is -0.0643. The van der Waals surface area contributed by atoms with Crippen LogP contribution in [-0.2, 0) is 4.79 Å². The smallest absolute Gasteiger partial charge is 0.324 e. The molecule has 0 spiro atoms. The van der Waals surface area contributed by atoms with Gasteiger partial charge in [-0.05, 0) is 6.42 Å². The summed E-state index contributed by atoms with van der Waals surface area (Å²) < 4.78 is 0. The Morgan fingerprint density at radius 2 is 2.38 bits per heavy atom. The summed E-state index contributed by atoms with van der Waals surface area (Å²) in [6.45, 7) is 0. The van der Waals surface area contributed by atoms with Crippen molar-refractivity contribution in [3.05, 3.63) is 0 Å². The molecule has 0 aromatic rings. The molecular weight excluding hydrogens is 174 g/mol. The Labute approximate surface area is 55.0 Å². The van der Waals surface area contributed by atoms with Gasteiger partial charge in [-0.2, -0.15) is 0 Å². The maximum absolute atomic E-state index is 10.1. The number of halogens is 1. The number of alkyl halides is 1. The molecule has 3 nitrogen and oxygen atoms in total. The number of nitrogens with two attached hydrogens (primary N) is 1. The van der Waals surface area contributed by atoms with Crippen molar-refractivity contribution >= 4 is 21.9 Å². The first-order chi connectivity index (χ1) is 3.57. The average molecular weight is 180 g/mol. The van der Waals surface area contributed by atoms with Gasteiger partial charge in [0.25, 0.3) is 0 Å². The summed E-state index contributed by atoms with van der Waals surface area (Å²) >= 11 is 3.10. The minimum absolute atomic E-state index is 0.0208. The molecule has 0 aromatic heterocycles. The van der Waals surface area contributed by atoms with Crippen molar-refractivity contribution in [3.8, 4) is 0 Å². The molecule has 0 radical (unpaired) electrons. The third-order valence-corrected chi connectivity index (χ3v) is 2.45. The standard InChI is InChI=1S/C4H6BrNO2/c5-2-1-4(2,6)3(7)8/h2H,1,6H2,(H,7,8)/t2-,4-/m0/s1. The highest BCUT2D eigenvalue weighted by molar-refractivity contribution is 9.09. The third-order valence-electron chi connectivity index (χ3n) is 1.31. The minimum Gasteiger partial charge on any atom is -0.480 e. The van der Waals surface area contributed by atoms with Gasteiger partial charge in [0.05, 0.1) is 0 Å². The van der Waals surface area contributed by atoms with Gasteiger partial charge >= 0.3 is 5.97 Å². The zero-order chi connectivity index (χ0) is 6.36. The summed E-state index contributed by atoms with van der Waals surface area (Å²) in [5.74, 6) is -0.917. The van der Waals surface area contributed by atoms with Crippen LogP contribution in [0.1, 0.15) is 6.42 Å². The lowest BCUT2D eigenvalue weighted by atomic mass is 10.3. The van der Waals surface area contributed by atoms with E-state index < -0.39 is 11.5 Å². The highest BCUT2D eigenvalue weighted by Gasteiger charge is 2.56. The highest BCUT2D eigenvalue weighted by atomic mass is 79.9. The van der Waals surface area contributed by atoms with Gasteiger partial charge in [0.1, 0.15) is 5.54 Å². The molecule has 4 heteroatoms. The van der Waals surface area contributed by atoms with E-state index in [1.807, 2.05) is 0 Å². The molecule has 0 heterocycles. The Kier molecular flexibility index (Phi) is 1.09. The topological polar surface area (TPSA) is 63.3 Å². The number of rotatable bonds is 1. The molecule has 0 aliphatic heterocycles. The third kappa shape index (κ3) is 0.641. The van der Waals surface area contributed by atoms with Crippen molar-refractivity contribution in [2.45, 2.75) is 16.8 Å². The highest BCUT2D eigenvalue weighted by Crippen LogP contribution is 2.40. The second-order valence-electron chi connectivity index (χ2n) is 2.02. The van der Waals surface area contributed by atoms with E-state index in [-0.39, 0.29) is 4.83 Å². The van der Waals surface area contributed by atoms with Crippen LogP contribution >= 0.6 is 15.9 Å². The molecule has 0 amide bonds. The molecule has 0 saturated heterocycles. The molecule has 2 atom stereocenters. The molecule has 1 aliphatic rings. The van der Waals surface area contributed by atoms with Crippen LogP contribution in [0.5, 0.6) is 0 Å². The lowest BCUT2D eigenvalue weighted by Crippen LogP contribution is -2.35. The van der Waals surface area contributed by atoms with Crippen molar-refractivity contribution in [3.63, 3.8) is 0 Å². The van der Waals surface area contributed by atoms with Gasteiger partial charge in [0.15, 0.2) is 0 Å². The summed E-state index contributed by atoms with van der Waals surface area (Å²) in [6.07, 6.45) is 0.544. The molecule has 1 rings (SSSR count). The van der Waals surface area contributed by atoms with Crippen LogP contribution in [0.2, 0.25) is 0 Å². The van der Waals surface area contributed by atoms with Gasteiger partial charge in [-0.3, -0.25) is 4.79 Å². The fourth-order valence-corrected chi connectivity index (χ4v) is 1.19. The monoisotopic (exact) mass is 179 g/mol. The molecule has 0 unspecified atom stereocenters. The molecule has 1 fully saturated rings. The molecular formula is C4H6BrNO2. The van der Waals surface area contributed by atoms with E-state index in [9.17, 15) is 4.79 Å². The molecule has 46 valence electrons. The van der Waals surface area contributed by atoms with E-state index >= 15 is 0 Å². The molecule has 3 N–H and O–H groups in total. The maximum Gasteiger partial charge on any atom is 0.324 e. The predicted molar refractivity (Wildman–Crippen MR) is 31.9 cm³/mol. The summed E-state index contributed by atoms with van der Waals surface area (Å²) in [5, 5.41) is 8.33. The fourth-order valence-electron chi connectivity index (χ4n) is 0.459. The molecule has 1 aliphatic carbocycles. The number of hydrogen-bond acceptors (Lipinski definition) is 2. The molecule has 0 bridgehead atoms. The van der Waals surface area contributed by atoms with Gasteiger partial charge in [0, 0.05) is 4.83 Å². The van der Waals surface area contributed by atoms with E-state index in [1.54, 1.807) is 0 Å². The largest absolute Gasteiger partial charge is 0.480 e. The maximum atomic E-state index is 10.1. The van der Waals surface area contributed by atoms with Crippen molar-refractivity contribution in [1.82, 2.24) is 0 Å². The van der Waals surface area contributed by atoms with Crippen molar-refractivity contribution in [2.75, 3.05) is 0 Å². The Balaban J connectivity index is 2.60. The van der Waals surface area contributed by atoms with Crippen molar-refractivity contribution in [2.24, 2.45) is 5.73 Å². The summed E-state index contributed by atoms with van der Waals surface area (Å²) in [4.78, 5) is 10.1. The first-order valence-corrected chi connectivity index (χ1v) is 3.15. The number of aliphatic carboxylic acids is 1. The van der Waals surface area contributed by atoms with Crippen molar-refractivity contribution in [1.29, 1.82) is 0 Å². The second kappa shape index (κ2) is 1.45. The van der Waals surface area contributed by atoms with E-state index in [0.717, 1.165) is 0 Å². The molecule has 1 saturated carbocycles. The van der Waals surface area contributed by atoms with Gasteiger partial charge in [-0.1, -0.05) is 15.9 Å². The molecule has 8 heavy (non-hydrogen) atoms. The van der Waals surface area contributed by atoms with Crippen LogP contribution in [0.4, 0.5) is 0 Å². The Morgan fingerprint density at radius 3 is 2.38 bits per heavy atom. The number of carbonyl (C=O) groups is 1. The van der Waals surface area contributed by atoms with Crippen LogP contribution in [0.3, 0.4) is 0 Å². The van der Waals surface area contributed by atoms with Gasteiger partial charge in [-0.25, -0.2) is 0 Å². The van der Waals surface area contributed by atoms with Crippen LogP contribution in [0, 0.1) is 0 Å². The fraction of sp³-hybridized carbons (Fsp3) is 0.750. The quantitative estimate of drug-likeness (QED) is 0.555. The van der Waals surface area contributed by atoms with Crippen molar-refractivity contribution < 1.29 is 9.90 Å². The Morgan fingerprint density at radius 1 is 2.00 bits per heavy atom. The lowest BCUT2D eigenvalue weighted by Gasteiger charge is -1.97. The number of carboxylic acids is 1. The Hall–Kier alpha value is -0.0900. The summed E-state index contributed by atoms with van der Waals surface area (Å²) in [5.41, 5.74) is 4.33. The average Bonchev–Trinajstić information content (AvgIpc) is 2.17. The zero-order valence-corrected chi connectivity index (χ0v) is 5.68. The van der Waals surface area contributed by atoms with Gasteiger partial charge in [0.2, 0.25) is 0 Å². The summed E-state index contributed by atoms with van der Waals surface area (Å²) in [6, 6.07) is 0. The molecule has 0 aromatic carbocycles. The number of carboxylic acid groups (broad SMARTS) is 1. The first-order valence-electron chi connectivity index (χ1n) is 2.24. The summed E-state index contributed by atoms with van der Waals surface area (Å²) in [7, 11) is 0. The van der Waals surface area contributed by atoms with Crippen LogP contribution in [0.25, 0.3) is 0 Å². The van der Waals surface area contributed by atoms with E-state index in [2.05, 4.69) is 15.9 Å². The number of hydrogen-bond donors (Lipinski definition) is 2. The van der Waals surface area contributed by atoms with E-state index in [1.165, 1.54) is 0 Å². The van der Waals surface area contributed by atoms with Gasteiger partial charge < -0.3 is 10.8 Å². The van der Waals surface area contributed by atoms with Gasteiger partial charge in [-0.15, -0.1) is 0 Å². The minimum atomic E-state index is -0.958. The second-order valence-corrected chi connectivity index (χ2v) is 3.12. The van der Waals surface area contributed by atoms with E-state index in [0.29, 0.717) is 6.42 Å². The normalized spacial score (nSPS) is 44.0. The Bertz CT molecular complexity index is 138. The van der Waals surface area contributed by atoms with E-state index in [4.69, 9.17) is 10.8 Å². The first kappa shape index (κ1) is 6.04. The SMILES string of the molecule is N[C@@]1(C(=O)O)C[C@@H]1Br.